The first-order valence-corrected chi connectivity index (χ1v) is 8.29. The lowest BCUT2D eigenvalue weighted by Gasteiger charge is -2.06. The van der Waals surface area contributed by atoms with Gasteiger partial charge in [0.15, 0.2) is 0 Å². The first-order valence-electron chi connectivity index (χ1n) is 7.54. The van der Waals surface area contributed by atoms with Gasteiger partial charge in [-0.15, -0.1) is 6.58 Å². The van der Waals surface area contributed by atoms with E-state index in [1.54, 1.807) is 48.5 Å². The van der Waals surface area contributed by atoms with Crippen molar-refractivity contribution in [1.29, 1.82) is 0 Å². The van der Waals surface area contributed by atoms with Gasteiger partial charge in [0.25, 0.3) is 5.91 Å². The van der Waals surface area contributed by atoms with Crippen molar-refractivity contribution in [2.45, 2.75) is 0 Å². The van der Waals surface area contributed by atoms with Crippen LogP contribution in [-0.2, 0) is 0 Å². The molecule has 0 bridgehead atoms. The standard InChI is InChI=1S/C18H16Cl2N4O2/c1-2-9-21-18(26)23-14-6-4-13(5-7-14)17(25)24-22-11-12-3-8-15(19)16(20)10-12/h2-8,10-11H,1,9H2,(H,24,25)(H2,21,23,26)/b22-11+. The van der Waals surface area contributed by atoms with Crippen LogP contribution in [0.5, 0.6) is 0 Å². The molecule has 8 heteroatoms. The average molecular weight is 391 g/mol. The smallest absolute Gasteiger partial charge is 0.319 e. The van der Waals surface area contributed by atoms with Crippen LogP contribution >= 0.6 is 23.2 Å². The van der Waals surface area contributed by atoms with E-state index in [9.17, 15) is 9.59 Å². The summed E-state index contributed by atoms with van der Waals surface area (Å²) in [6, 6.07) is 11.0. The molecule has 2 aromatic rings. The summed E-state index contributed by atoms with van der Waals surface area (Å²) in [7, 11) is 0. The molecule has 0 aliphatic rings. The maximum absolute atomic E-state index is 12.0. The topological polar surface area (TPSA) is 82.6 Å². The van der Waals surface area contributed by atoms with Crippen LogP contribution in [0.25, 0.3) is 0 Å². The predicted octanol–water partition coefficient (Wildman–Crippen LogP) is 4.06. The third-order valence-corrected chi connectivity index (χ3v) is 3.87. The van der Waals surface area contributed by atoms with Crippen LogP contribution in [0.3, 0.4) is 0 Å². The molecule has 3 N–H and O–H groups in total. The highest BCUT2D eigenvalue weighted by molar-refractivity contribution is 6.42. The predicted molar refractivity (Wildman–Crippen MR) is 105 cm³/mol. The molecule has 0 aliphatic carbocycles. The minimum atomic E-state index is -0.385. The molecule has 0 aromatic heterocycles. The SMILES string of the molecule is C=CCNC(=O)Nc1ccc(C(=O)N/N=C/c2ccc(Cl)c(Cl)c2)cc1. The number of halogens is 2. The first kappa shape index (κ1) is 19.5. The Hall–Kier alpha value is -2.83. The lowest BCUT2D eigenvalue weighted by molar-refractivity contribution is 0.0955. The van der Waals surface area contributed by atoms with Gasteiger partial charge in [-0.2, -0.15) is 5.10 Å². The van der Waals surface area contributed by atoms with Crippen molar-refractivity contribution >= 4 is 47.0 Å². The molecular formula is C18H16Cl2N4O2. The van der Waals surface area contributed by atoms with E-state index in [0.717, 1.165) is 0 Å². The average Bonchev–Trinajstić information content (AvgIpc) is 2.63. The van der Waals surface area contributed by atoms with Crippen LogP contribution in [0.1, 0.15) is 15.9 Å². The summed E-state index contributed by atoms with van der Waals surface area (Å²) in [5.41, 5.74) is 4.07. The Morgan fingerprint density at radius 3 is 2.46 bits per heavy atom. The number of nitrogens with zero attached hydrogens (tertiary/aromatic N) is 1. The lowest BCUT2D eigenvalue weighted by Crippen LogP contribution is -2.28. The number of amides is 3. The normalized spacial score (nSPS) is 10.4. The number of urea groups is 1. The van der Waals surface area contributed by atoms with E-state index in [2.05, 4.69) is 27.7 Å². The van der Waals surface area contributed by atoms with E-state index in [0.29, 0.717) is 33.4 Å². The van der Waals surface area contributed by atoms with Crippen LogP contribution in [0, 0.1) is 0 Å². The maximum Gasteiger partial charge on any atom is 0.319 e. The summed E-state index contributed by atoms with van der Waals surface area (Å²) in [5, 5.41) is 9.95. The minimum absolute atomic E-state index is 0.353. The first-order chi connectivity index (χ1) is 12.5. The van der Waals surface area contributed by atoms with Crippen LogP contribution in [-0.4, -0.2) is 24.7 Å². The van der Waals surface area contributed by atoms with Crippen LogP contribution < -0.4 is 16.1 Å². The molecule has 2 rings (SSSR count). The number of benzene rings is 2. The fraction of sp³-hybridized carbons (Fsp3) is 0.0556. The quantitative estimate of drug-likeness (QED) is 0.394. The number of rotatable bonds is 6. The van der Waals surface area contributed by atoms with Crippen LogP contribution in [0.15, 0.2) is 60.2 Å². The molecule has 3 amide bonds. The van der Waals surface area contributed by atoms with Crippen molar-refractivity contribution in [3.05, 3.63) is 76.3 Å². The van der Waals surface area contributed by atoms with Crippen LogP contribution in [0.4, 0.5) is 10.5 Å². The zero-order valence-electron chi connectivity index (χ0n) is 13.6. The Morgan fingerprint density at radius 1 is 1.08 bits per heavy atom. The molecule has 0 aliphatic heterocycles. The summed E-state index contributed by atoms with van der Waals surface area (Å²) in [4.78, 5) is 23.6. The Balaban J connectivity index is 1.90. The number of hydrogen-bond acceptors (Lipinski definition) is 3. The second kappa shape index (κ2) is 9.60. The lowest BCUT2D eigenvalue weighted by atomic mass is 10.2. The molecule has 0 radical (unpaired) electrons. The Kier molecular flexibility index (Phi) is 7.20. The minimum Gasteiger partial charge on any atom is -0.334 e. The van der Waals surface area contributed by atoms with Gasteiger partial charge in [0.05, 0.1) is 16.3 Å². The monoisotopic (exact) mass is 390 g/mol. The van der Waals surface area contributed by atoms with Crippen molar-refractivity contribution < 1.29 is 9.59 Å². The van der Waals surface area contributed by atoms with Gasteiger partial charge in [-0.3, -0.25) is 4.79 Å². The number of carbonyl (C=O) groups excluding carboxylic acids is 2. The van der Waals surface area contributed by atoms with Gasteiger partial charge in [-0.1, -0.05) is 35.3 Å². The summed E-state index contributed by atoms with van der Waals surface area (Å²) in [6.07, 6.45) is 3.03. The van der Waals surface area contributed by atoms with E-state index in [1.165, 1.54) is 6.21 Å². The molecule has 0 atom stereocenters. The van der Waals surface area contributed by atoms with E-state index < -0.39 is 0 Å². The van der Waals surface area contributed by atoms with E-state index in [4.69, 9.17) is 23.2 Å². The van der Waals surface area contributed by atoms with Crippen molar-refractivity contribution in [1.82, 2.24) is 10.7 Å². The van der Waals surface area contributed by atoms with E-state index in [-0.39, 0.29) is 11.9 Å². The number of nitrogens with one attached hydrogen (secondary N) is 3. The van der Waals surface area contributed by atoms with Gasteiger partial charge < -0.3 is 10.6 Å². The molecule has 134 valence electrons. The fourth-order valence-electron chi connectivity index (χ4n) is 1.87. The third kappa shape index (κ3) is 5.91. The maximum atomic E-state index is 12.0. The summed E-state index contributed by atoms with van der Waals surface area (Å²) in [5.74, 6) is -0.385. The van der Waals surface area contributed by atoms with Gasteiger partial charge in [-0.25, -0.2) is 10.2 Å². The highest BCUT2D eigenvalue weighted by Crippen LogP contribution is 2.21. The molecule has 0 fully saturated rings. The Labute approximate surface area is 160 Å². The van der Waals surface area contributed by atoms with Gasteiger partial charge in [-0.05, 0) is 42.0 Å². The second-order valence-corrected chi connectivity index (χ2v) is 5.89. The van der Waals surface area contributed by atoms with Crippen molar-refractivity contribution in [2.75, 3.05) is 11.9 Å². The molecule has 26 heavy (non-hydrogen) atoms. The summed E-state index contributed by atoms with van der Waals surface area (Å²) >= 11 is 11.7. The number of carbonyl (C=O) groups is 2. The fourth-order valence-corrected chi connectivity index (χ4v) is 2.17. The zero-order chi connectivity index (χ0) is 18.9. The Bertz CT molecular complexity index is 836. The highest BCUT2D eigenvalue weighted by Gasteiger charge is 2.05. The molecule has 0 heterocycles. The van der Waals surface area contributed by atoms with Crippen molar-refractivity contribution in [3.63, 3.8) is 0 Å². The second-order valence-electron chi connectivity index (χ2n) is 5.07. The van der Waals surface area contributed by atoms with E-state index in [1.807, 2.05) is 0 Å². The number of hydrazone groups is 1. The largest absolute Gasteiger partial charge is 0.334 e. The Morgan fingerprint density at radius 2 is 1.81 bits per heavy atom. The van der Waals surface area contributed by atoms with Gasteiger partial charge >= 0.3 is 6.03 Å². The molecule has 6 nitrogen and oxygen atoms in total. The van der Waals surface area contributed by atoms with Gasteiger partial charge in [0.2, 0.25) is 0 Å². The third-order valence-electron chi connectivity index (χ3n) is 3.14. The van der Waals surface area contributed by atoms with Crippen molar-refractivity contribution in [2.24, 2.45) is 5.10 Å². The summed E-state index contributed by atoms with van der Waals surface area (Å²) in [6.45, 7) is 3.88. The summed E-state index contributed by atoms with van der Waals surface area (Å²) < 4.78 is 0. The molecule has 0 saturated heterocycles. The molecule has 0 spiro atoms. The highest BCUT2D eigenvalue weighted by atomic mass is 35.5. The van der Waals surface area contributed by atoms with E-state index >= 15 is 0 Å². The molecular weight excluding hydrogens is 375 g/mol. The van der Waals surface area contributed by atoms with Crippen LogP contribution in [0.2, 0.25) is 10.0 Å². The molecule has 0 unspecified atom stereocenters. The molecule has 2 aromatic carbocycles. The number of anilines is 1. The number of hydrogen-bond donors (Lipinski definition) is 3. The van der Waals surface area contributed by atoms with Gasteiger partial charge in [0, 0.05) is 17.8 Å². The van der Waals surface area contributed by atoms with Gasteiger partial charge in [0.1, 0.15) is 0 Å². The molecule has 0 saturated carbocycles. The zero-order valence-corrected chi connectivity index (χ0v) is 15.1. The van der Waals surface area contributed by atoms with Crippen molar-refractivity contribution in [3.8, 4) is 0 Å².